The van der Waals surface area contributed by atoms with Crippen molar-refractivity contribution in [1.29, 1.82) is 0 Å². The molecule has 0 unspecified atom stereocenters. The van der Waals surface area contributed by atoms with Gasteiger partial charge in [-0.05, 0) is 38.8 Å². The smallest absolute Gasteiger partial charge is 0.326 e. The van der Waals surface area contributed by atoms with Crippen LogP contribution in [0.2, 0.25) is 24.2 Å². The molecule has 0 heterocycles. The van der Waals surface area contributed by atoms with Crippen LogP contribution in [0.1, 0.15) is 64.2 Å². The van der Waals surface area contributed by atoms with E-state index in [0.29, 0.717) is 11.1 Å². The molecule has 2 rings (SSSR count). The molecule has 0 aromatic heterocycles. The van der Waals surface area contributed by atoms with Gasteiger partial charge >= 0.3 is 17.1 Å². The highest BCUT2D eigenvalue weighted by atomic mass is 28.5. The summed E-state index contributed by atoms with van der Waals surface area (Å²) in [6, 6.07) is 0. The van der Waals surface area contributed by atoms with Crippen LogP contribution in [0.15, 0.2) is 0 Å². The molecule has 0 amide bonds. The molecule has 0 spiro atoms. The average Bonchev–Trinajstić information content (AvgIpc) is 2.40. The van der Waals surface area contributed by atoms with E-state index in [4.69, 9.17) is 4.12 Å². The molecule has 0 radical (unpaired) electrons. The van der Waals surface area contributed by atoms with E-state index in [-0.39, 0.29) is 0 Å². The lowest BCUT2D eigenvalue weighted by Crippen LogP contribution is -2.54. The average molecular weight is 303 g/mol. The van der Waals surface area contributed by atoms with Gasteiger partial charge in [0, 0.05) is 11.1 Å². The maximum absolute atomic E-state index is 10.8. The molecule has 2 N–H and O–H groups in total. The van der Waals surface area contributed by atoms with Crippen molar-refractivity contribution in [2.45, 2.75) is 88.4 Å². The van der Waals surface area contributed by atoms with E-state index >= 15 is 0 Å². The zero-order chi connectivity index (χ0) is 13.9. The van der Waals surface area contributed by atoms with Crippen LogP contribution < -0.4 is 0 Å². The normalized spacial score (nSPS) is 29.7. The van der Waals surface area contributed by atoms with Crippen molar-refractivity contribution < 1.29 is 13.7 Å². The quantitative estimate of drug-likeness (QED) is 0.777. The second-order valence-corrected chi connectivity index (χ2v) is 13.5. The maximum atomic E-state index is 10.8. The number of hydrogen-bond donors (Lipinski definition) is 2. The van der Waals surface area contributed by atoms with Crippen molar-refractivity contribution in [2.24, 2.45) is 0 Å². The highest BCUT2D eigenvalue weighted by molar-refractivity contribution is 6.80. The van der Waals surface area contributed by atoms with Gasteiger partial charge in [0.05, 0.1) is 0 Å². The molecule has 19 heavy (non-hydrogen) atoms. The largest absolute Gasteiger partial charge is 0.415 e. The van der Waals surface area contributed by atoms with Gasteiger partial charge in [0.1, 0.15) is 0 Å². The topological polar surface area (TPSA) is 49.7 Å². The molecule has 2 saturated carbocycles. The van der Waals surface area contributed by atoms with Crippen molar-refractivity contribution >= 4 is 17.1 Å². The van der Waals surface area contributed by atoms with Gasteiger partial charge in [0.25, 0.3) is 0 Å². The van der Waals surface area contributed by atoms with Crippen LogP contribution in [0, 0.1) is 0 Å². The maximum Gasteiger partial charge on any atom is 0.326 e. The molecular formula is C14H30O3Si2. The number of rotatable bonds is 4. The van der Waals surface area contributed by atoms with Gasteiger partial charge in [0.15, 0.2) is 0 Å². The summed E-state index contributed by atoms with van der Waals surface area (Å²) in [5, 5.41) is 0. The molecule has 2 fully saturated rings. The first-order valence-corrected chi connectivity index (χ1v) is 12.9. The van der Waals surface area contributed by atoms with Crippen LogP contribution in [-0.4, -0.2) is 26.7 Å². The zero-order valence-electron chi connectivity index (χ0n) is 12.5. The summed E-state index contributed by atoms with van der Waals surface area (Å²) >= 11 is 0. The van der Waals surface area contributed by atoms with Crippen LogP contribution in [0.5, 0.6) is 0 Å². The highest BCUT2D eigenvalue weighted by Gasteiger charge is 2.48. The van der Waals surface area contributed by atoms with Gasteiger partial charge in [0.2, 0.25) is 0 Å². The van der Waals surface area contributed by atoms with E-state index in [1.54, 1.807) is 0 Å². The Kier molecular flexibility index (Phi) is 5.28. The summed E-state index contributed by atoms with van der Waals surface area (Å²) in [6.07, 6.45) is 11.8. The molecule has 0 bridgehead atoms. The summed E-state index contributed by atoms with van der Waals surface area (Å²) in [5.41, 5.74) is 0.674. The summed E-state index contributed by atoms with van der Waals surface area (Å²) in [4.78, 5) is 21.6. The third-order valence-corrected chi connectivity index (χ3v) is 12.6. The van der Waals surface area contributed by atoms with Gasteiger partial charge in [-0.2, -0.15) is 0 Å². The van der Waals surface area contributed by atoms with E-state index in [9.17, 15) is 9.59 Å². The third-order valence-electron chi connectivity index (χ3n) is 5.14. The third kappa shape index (κ3) is 4.14. The molecule has 0 saturated heterocycles. The lowest BCUT2D eigenvalue weighted by Gasteiger charge is -2.41. The Morgan fingerprint density at radius 2 is 1.00 bits per heavy atom. The molecule has 2 atom stereocenters. The van der Waals surface area contributed by atoms with Crippen LogP contribution in [-0.2, 0) is 4.12 Å². The SMILES string of the molecule is C[Si@](O)(O[Si@@](C)(O)C1CCCCC1)C1CCCCC1. The fourth-order valence-corrected chi connectivity index (χ4v) is 11.5. The van der Waals surface area contributed by atoms with Crippen molar-refractivity contribution in [3.63, 3.8) is 0 Å². The van der Waals surface area contributed by atoms with E-state index < -0.39 is 17.1 Å². The van der Waals surface area contributed by atoms with Crippen LogP contribution in [0.25, 0.3) is 0 Å². The molecule has 0 aliphatic heterocycles. The molecule has 3 nitrogen and oxygen atoms in total. The summed E-state index contributed by atoms with van der Waals surface area (Å²) < 4.78 is 6.09. The standard InChI is InChI=1S/C14H30O3Si2/c1-18(15,13-9-5-3-6-10-13)17-19(2,16)14-11-7-4-8-12-14/h13-16H,3-12H2,1-2H3/t18-,19+. The Labute approximate surface area is 119 Å². The molecular weight excluding hydrogens is 272 g/mol. The van der Waals surface area contributed by atoms with E-state index in [2.05, 4.69) is 0 Å². The fourth-order valence-electron chi connectivity index (χ4n) is 3.86. The first-order valence-electron chi connectivity index (χ1n) is 8.07. The summed E-state index contributed by atoms with van der Waals surface area (Å²) in [7, 11) is -5.42. The monoisotopic (exact) mass is 302 g/mol. The van der Waals surface area contributed by atoms with Gasteiger partial charge in [-0.25, -0.2) is 0 Å². The zero-order valence-corrected chi connectivity index (χ0v) is 14.5. The van der Waals surface area contributed by atoms with Crippen LogP contribution >= 0.6 is 0 Å². The van der Waals surface area contributed by atoms with E-state index in [1.165, 1.54) is 38.5 Å². The Morgan fingerprint density at radius 1 is 0.684 bits per heavy atom. The van der Waals surface area contributed by atoms with Crippen LogP contribution in [0.3, 0.4) is 0 Å². The minimum atomic E-state index is -2.71. The molecule has 0 aromatic carbocycles. The predicted molar refractivity (Wildman–Crippen MR) is 82.4 cm³/mol. The summed E-state index contributed by atoms with van der Waals surface area (Å²) in [5.74, 6) is 0. The van der Waals surface area contributed by atoms with Gasteiger partial charge in [-0.1, -0.05) is 38.5 Å². The van der Waals surface area contributed by atoms with Crippen LogP contribution in [0.4, 0.5) is 0 Å². The first-order chi connectivity index (χ1) is 8.92. The van der Waals surface area contributed by atoms with Crippen molar-refractivity contribution in [2.75, 3.05) is 0 Å². The Bertz CT molecular complexity index is 254. The molecule has 2 aliphatic rings. The lowest BCUT2D eigenvalue weighted by molar-refractivity contribution is 0.260. The Balaban J connectivity index is 1.96. The van der Waals surface area contributed by atoms with Crippen molar-refractivity contribution in [3.8, 4) is 0 Å². The second kappa shape index (κ2) is 6.39. The lowest BCUT2D eigenvalue weighted by atomic mass is 10.0. The summed E-state index contributed by atoms with van der Waals surface area (Å²) in [6.45, 7) is 3.82. The molecule has 112 valence electrons. The van der Waals surface area contributed by atoms with Gasteiger partial charge in [-0.3, -0.25) is 0 Å². The van der Waals surface area contributed by atoms with E-state index in [1.807, 2.05) is 13.1 Å². The minimum Gasteiger partial charge on any atom is -0.415 e. The number of hydrogen-bond acceptors (Lipinski definition) is 3. The molecule has 2 aliphatic carbocycles. The molecule has 0 aromatic rings. The van der Waals surface area contributed by atoms with Gasteiger partial charge in [-0.15, -0.1) is 0 Å². The van der Waals surface area contributed by atoms with Crippen molar-refractivity contribution in [3.05, 3.63) is 0 Å². The van der Waals surface area contributed by atoms with Gasteiger partial charge < -0.3 is 13.7 Å². The predicted octanol–water partition coefficient (Wildman–Crippen LogP) is 3.80. The fraction of sp³-hybridized carbons (Fsp3) is 1.00. The minimum absolute atomic E-state index is 0.337. The second-order valence-electron chi connectivity index (χ2n) is 6.88. The van der Waals surface area contributed by atoms with Crippen molar-refractivity contribution in [1.82, 2.24) is 0 Å². The Hall–Kier alpha value is 0.314. The first kappa shape index (κ1) is 15.7. The highest BCUT2D eigenvalue weighted by Crippen LogP contribution is 2.41. The molecule has 5 heteroatoms. The van der Waals surface area contributed by atoms with E-state index in [0.717, 1.165) is 25.7 Å². The Morgan fingerprint density at radius 3 is 1.32 bits per heavy atom.